The van der Waals surface area contributed by atoms with Gasteiger partial charge in [0.2, 0.25) is 0 Å². The first-order valence-corrected chi connectivity index (χ1v) is 6.01. The third-order valence-electron chi connectivity index (χ3n) is 2.76. The first-order chi connectivity index (χ1) is 7.96. The smallest absolute Gasteiger partial charge is 0.125 e. The molecule has 1 aromatic rings. The number of para-hydroxylation sites is 1. The van der Waals surface area contributed by atoms with Gasteiger partial charge in [-0.3, -0.25) is 0 Å². The van der Waals surface area contributed by atoms with Crippen molar-refractivity contribution in [3.8, 4) is 5.75 Å². The molecule has 0 radical (unpaired) electrons. The van der Waals surface area contributed by atoms with Crippen LogP contribution in [-0.2, 0) is 0 Å². The summed E-state index contributed by atoms with van der Waals surface area (Å²) < 4.78 is 5.76. The number of ether oxygens (including phenoxy) is 1. The van der Waals surface area contributed by atoms with Gasteiger partial charge in [0.15, 0.2) is 0 Å². The van der Waals surface area contributed by atoms with Gasteiger partial charge in [0.25, 0.3) is 0 Å². The summed E-state index contributed by atoms with van der Waals surface area (Å²) in [6.45, 7) is 9.48. The minimum Gasteiger partial charge on any atom is -0.492 e. The molecule has 0 saturated carbocycles. The summed E-state index contributed by atoms with van der Waals surface area (Å²) >= 11 is 0. The predicted molar refractivity (Wildman–Crippen MR) is 70.6 cm³/mol. The Morgan fingerprint density at radius 3 is 2.35 bits per heavy atom. The van der Waals surface area contributed by atoms with Gasteiger partial charge in [-0.1, -0.05) is 18.2 Å². The highest BCUT2D eigenvalue weighted by atomic mass is 16.5. The molecule has 0 aliphatic heterocycles. The molecule has 0 saturated heterocycles. The predicted octanol–water partition coefficient (Wildman–Crippen LogP) is 2.04. The summed E-state index contributed by atoms with van der Waals surface area (Å²) in [6, 6.07) is 6.13. The van der Waals surface area contributed by atoms with Crippen LogP contribution >= 0.6 is 0 Å². The van der Waals surface area contributed by atoms with E-state index in [1.54, 1.807) is 0 Å². The molecular weight excluding hydrogens is 214 g/mol. The molecule has 0 aliphatic rings. The highest BCUT2D eigenvalue weighted by Gasteiger charge is 2.14. The van der Waals surface area contributed by atoms with Crippen LogP contribution in [0.5, 0.6) is 5.75 Å². The molecule has 0 spiro atoms. The van der Waals surface area contributed by atoms with E-state index in [-0.39, 0.29) is 12.1 Å². The van der Waals surface area contributed by atoms with Crippen LogP contribution in [0.15, 0.2) is 18.2 Å². The van der Waals surface area contributed by atoms with Gasteiger partial charge >= 0.3 is 0 Å². The average molecular weight is 237 g/mol. The van der Waals surface area contributed by atoms with Crippen LogP contribution in [0, 0.1) is 13.8 Å². The second-order valence-electron chi connectivity index (χ2n) is 5.04. The zero-order valence-electron chi connectivity index (χ0n) is 11.2. The number of benzene rings is 1. The standard InChI is InChI=1S/C14H23NO2/c1-11-6-5-7-12(2)13(11)17-9-8-15-14(3,4)10-16/h5-7,15-16H,8-10H2,1-4H3. The van der Waals surface area contributed by atoms with Crippen molar-refractivity contribution in [3.63, 3.8) is 0 Å². The van der Waals surface area contributed by atoms with E-state index in [9.17, 15) is 0 Å². The van der Waals surface area contributed by atoms with Crippen LogP contribution in [0.2, 0.25) is 0 Å². The number of nitrogens with one attached hydrogen (secondary N) is 1. The maximum absolute atomic E-state index is 9.10. The summed E-state index contributed by atoms with van der Waals surface area (Å²) in [5, 5.41) is 12.3. The third-order valence-corrected chi connectivity index (χ3v) is 2.76. The topological polar surface area (TPSA) is 41.5 Å². The Morgan fingerprint density at radius 2 is 1.82 bits per heavy atom. The molecule has 2 N–H and O–H groups in total. The van der Waals surface area contributed by atoms with Crippen LogP contribution in [0.1, 0.15) is 25.0 Å². The highest BCUT2D eigenvalue weighted by molar-refractivity contribution is 5.39. The van der Waals surface area contributed by atoms with Crippen LogP contribution in [0.3, 0.4) is 0 Å². The summed E-state index contributed by atoms with van der Waals surface area (Å²) in [5.74, 6) is 0.969. The molecule has 0 heterocycles. The Labute approximate surface area is 104 Å². The van der Waals surface area contributed by atoms with Gasteiger partial charge in [-0.15, -0.1) is 0 Å². The maximum atomic E-state index is 9.10. The Bertz CT molecular complexity index is 341. The van der Waals surface area contributed by atoms with E-state index >= 15 is 0 Å². The van der Waals surface area contributed by atoms with Gasteiger partial charge in [-0.05, 0) is 38.8 Å². The molecule has 0 atom stereocenters. The molecule has 1 aromatic carbocycles. The first-order valence-electron chi connectivity index (χ1n) is 6.01. The summed E-state index contributed by atoms with van der Waals surface area (Å²) in [7, 11) is 0. The average Bonchev–Trinajstić information content (AvgIpc) is 2.27. The van der Waals surface area contributed by atoms with E-state index in [1.807, 2.05) is 45.9 Å². The molecular formula is C14H23NO2. The van der Waals surface area contributed by atoms with Crippen molar-refractivity contribution in [3.05, 3.63) is 29.3 Å². The summed E-state index contributed by atoms with van der Waals surface area (Å²) in [4.78, 5) is 0. The quantitative estimate of drug-likeness (QED) is 0.744. The molecule has 96 valence electrons. The van der Waals surface area contributed by atoms with Gasteiger partial charge in [-0.25, -0.2) is 0 Å². The lowest BCUT2D eigenvalue weighted by Gasteiger charge is -2.23. The molecule has 0 unspecified atom stereocenters. The fourth-order valence-corrected chi connectivity index (χ4v) is 1.63. The molecule has 0 fully saturated rings. The van der Waals surface area contributed by atoms with Crippen LogP contribution in [0.4, 0.5) is 0 Å². The van der Waals surface area contributed by atoms with Crippen LogP contribution in [0.25, 0.3) is 0 Å². The van der Waals surface area contributed by atoms with Crippen LogP contribution < -0.4 is 10.1 Å². The lowest BCUT2D eigenvalue weighted by Crippen LogP contribution is -2.44. The van der Waals surface area contributed by atoms with Crippen molar-refractivity contribution >= 4 is 0 Å². The SMILES string of the molecule is Cc1cccc(C)c1OCCNC(C)(C)CO. The lowest BCUT2D eigenvalue weighted by atomic mass is 10.1. The number of aryl methyl sites for hydroxylation is 2. The monoisotopic (exact) mass is 237 g/mol. The second-order valence-corrected chi connectivity index (χ2v) is 5.04. The van der Waals surface area contributed by atoms with E-state index in [4.69, 9.17) is 9.84 Å². The Hall–Kier alpha value is -1.06. The van der Waals surface area contributed by atoms with Crippen molar-refractivity contribution < 1.29 is 9.84 Å². The highest BCUT2D eigenvalue weighted by Crippen LogP contribution is 2.21. The zero-order valence-corrected chi connectivity index (χ0v) is 11.2. The van der Waals surface area contributed by atoms with Gasteiger partial charge < -0.3 is 15.2 Å². The second kappa shape index (κ2) is 6.03. The summed E-state index contributed by atoms with van der Waals surface area (Å²) in [6.07, 6.45) is 0. The normalized spacial score (nSPS) is 11.6. The Morgan fingerprint density at radius 1 is 1.24 bits per heavy atom. The molecule has 0 aliphatic carbocycles. The van der Waals surface area contributed by atoms with Crippen molar-refractivity contribution in [2.24, 2.45) is 0 Å². The largest absolute Gasteiger partial charge is 0.492 e. The number of aliphatic hydroxyl groups excluding tert-OH is 1. The van der Waals surface area contributed by atoms with Crippen molar-refractivity contribution in [2.75, 3.05) is 19.8 Å². The molecule has 0 amide bonds. The minimum absolute atomic E-state index is 0.121. The van der Waals surface area contributed by atoms with Gasteiger partial charge in [-0.2, -0.15) is 0 Å². The summed E-state index contributed by atoms with van der Waals surface area (Å²) in [5.41, 5.74) is 2.07. The van der Waals surface area contributed by atoms with Crippen molar-refractivity contribution in [2.45, 2.75) is 33.2 Å². The lowest BCUT2D eigenvalue weighted by molar-refractivity contribution is 0.180. The van der Waals surface area contributed by atoms with Gasteiger partial charge in [0.05, 0.1) is 6.61 Å². The van der Waals surface area contributed by atoms with E-state index in [2.05, 4.69) is 5.32 Å². The zero-order chi connectivity index (χ0) is 12.9. The van der Waals surface area contributed by atoms with E-state index in [0.717, 1.165) is 23.4 Å². The minimum atomic E-state index is -0.246. The maximum Gasteiger partial charge on any atom is 0.125 e. The Kier molecular flexibility index (Phi) is 4.97. The molecule has 0 bridgehead atoms. The Balaban J connectivity index is 2.42. The van der Waals surface area contributed by atoms with Crippen molar-refractivity contribution in [1.29, 1.82) is 0 Å². The number of aliphatic hydroxyl groups is 1. The van der Waals surface area contributed by atoms with Crippen molar-refractivity contribution in [1.82, 2.24) is 5.32 Å². The number of hydrogen-bond acceptors (Lipinski definition) is 3. The van der Waals surface area contributed by atoms with Gasteiger partial charge in [0, 0.05) is 12.1 Å². The fourth-order valence-electron chi connectivity index (χ4n) is 1.63. The molecule has 3 heteroatoms. The molecule has 17 heavy (non-hydrogen) atoms. The van der Waals surface area contributed by atoms with E-state index < -0.39 is 0 Å². The molecule has 0 aromatic heterocycles. The van der Waals surface area contributed by atoms with Crippen LogP contribution in [-0.4, -0.2) is 30.4 Å². The fraction of sp³-hybridized carbons (Fsp3) is 0.571. The third kappa shape index (κ3) is 4.36. The molecule has 1 rings (SSSR count). The number of rotatable bonds is 6. The number of hydrogen-bond donors (Lipinski definition) is 2. The first kappa shape index (κ1) is 14.0. The van der Waals surface area contributed by atoms with E-state index in [0.29, 0.717) is 6.61 Å². The van der Waals surface area contributed by atoms with Gasteiger partial charge in [0.1, 0.15) is 12.4 Å². The molecule has 3 nitrogen and oxygen atoms in total. The van der Waals surface area contributed by atoms with E-state index in [1.165, 1.54) is 0 Å².